The molecule has 5 rings (SSSR count). The van der Waals surface area contributed by atoms with E-state index < -0.39 is 31.9 Å². The zero-order chi connectivity index (χ0) is 26.3. The maximum atomic E-state index is 15.7. The molecule has 1 amide bonds. The molecule has 0 aliphatic heterocycles. The Morgan fingerprint density at radius 3 is 2.68 bits per heavy atom. The van der Waals surface area contributed by atoms with Crippen molar-refractivity contribution in [2.24, 2.45) is 5.92 Å². The molecule has 3 aromatic heterocycles. The molecule has 1 aliphatic carbocycles. The number of aromatic nitrogens is 5. The number of fused-ring (bicyclic) bond motifs is 2. The Bertz CT molecular complexity index is 1500. The van der Waals surface area contributed by atoms with Crippen LogP contribution in [0.1, 0.15) is 32.8 Å². The molecular formula is C26H29ClF2N6OSi. The summed E-state index contributed by atoms with van der Waals surface area (Å²) in [5.74, 6) is -1.26. The number of hydrogen-bond donors (Lipinski definition) is 2. The monoisotopic (exact) mass is 542 g/mol. The van der Waals surface area contributed by atoms with Crippen LogP contribution in [0.15, 0.2) is 30.9 Å². The van der Waals surface area contributed by atoms with Crippen LogP contribution in [0.2, 0.25) is 29.2 Å². The number of nitrogens with zero attached hydrogens (tertiary/aromatic N) is 4. The molecule has 7 nitrogen and oxygen atoms in total. The van der Waals surface area contributed by atoms with Crippen molar-refractivity contribution in [3.8, 4) is 11.3 Å². The van der Waals surface area contributed by atoms with E-state index in [4.69, 9.17) is 11.6 Å². The molecule has 1 aliphatic rings. The lowest BCUT2D eigenvalue weighted by Gasteiger charge is -2.26. The van der Waals surface area contributed by atoms with Gasteiger partial charge in [0.15, 0.2) is 17.3 Å². The van der Waals surface area contributed by atoms with Crippen molar-refractivity contribution in [2.45, 2.75) is 57.5 Å². The van der Waals surface area contributed by atoms with Crippen LogP contribution < -0.4 is 5.32 Å². The second kappa shape index (κ2) is 9.98. The van der Waals surface area contributed by atoms with Gasteiger partial charge in [0.05, 0.1) is 48.8 Å². The molecular weight excluding hydrogens is 514 g/mol. The zero-order valence-corrected chi connectivity index (χ0v) is 22.7. The Kier molecular flexibility index (Phi) is 6.89. The topological polar surface area (TPSA) is 88.0 Å². The van der Waals surface area contributed by atoms with Gasteiger partial charge in [-0.3, -0.25) is 14.9 Å². The highest BCUT2D eigenvalue weighted by Crippen LogP contribution is 2.39. The Morgan fingerprint density at radius 2 is 2.00 bits per heavy atom. The van der Waals surface area contributed by atoms with E-state index in [1.807, 2.05) is 6.08 Å². The lowest BCUT2D eigenvalue weighted by Crippen LogP contribution is -2.29. The van der Waals surface area contributed by atoms with Gasteiger partial charge in [0.2, 0.25) is 5.91 Å². The van der Waals surface area contributed by atoms with E-state index in [9.17, 15) is 9.18 Å². The van der Waals surface area contributed by atoms with Gasteiger partial charge >= 0.3 is 0 Å². The number of H-pyrrole nitrogens is 1. The third kappa shape index (κ3) is 4.68. The first-order valence-corrected chi connectivity index (χ1v) is 15.8. The van der Waals surface area contributed by atoms with E-state index in [1.165, 1.54) is 24.3 Å². The van der Waals surface area contributed by atoms with E-state index in [-0.39, 0.29) is 11.4 Å². The summed E-state index contributed by atoms with van der Waals surface area (Å²) in [7, 11) is -1.39. The molecule has 3 heterocycles. The predicted molar refractivity (Wildman–Crippen MR) is 146 cm³/mol. The maximum Gasteiger partial charge on any atom is 0.231 e. The molecule has 4 aromatic rings. The van der Waals surface area contributed by atoms with Crippen molar-refractivity contribution in [3.63, 3.8) is 0 Å². The number of rotatable bonds is 9. The van der Waals surface area contributed by atoms with Crippen LogP contribution in [0.25, 0.3) is 33.9 Å². The van der Waals surface area contributed by atoms with Crippen LogP contribution in [0, 0.1) is 11.7 Å². The van der Waals surface area contributed by atoms with Crippen molar-refractivity contribution >= 4 is 54.0 Å². The number of nitrogens with one attached hydrogen (secondary N) is 2. The van der Waals surface area contributed by atoms with Gasteiger partial charge in [-0.15, -0.1) is 0 Å². The number of aromatic amines is 1. The van der Waals surface area contributed by atoms with Crippen LogP contribution >= 0.6 is 11.6 Å². The van der Waals surface area contributed by atoms with Gasteiger partial charge in [-0.2, -0.15) is 5.10 Å². The average Bonchev–Trinajstić information content (AvgIpc) is 3.26. The van der Waals surface area contributed by atoms with Gasteiger partial charge < -0.3 is 9.72 Å². The first-order valence-electron chi connectivity index (χ1n) is 12.6. The lowest BCUT2D eigenvalue weighted by atomic mass is 10.0. The molecule has 11 heteroatoms. The number of benzene rings is 1. The predicted octanol–water partition coefficient (Wildman–Crippen LogP) is 6.88. The lowest BCUT2D eigenvalue weighted by molar-refractivity contribution is -0.117. The summed E-state index contributed by atoms with van der Waals surface area (Å²) < 4.78 is 30.5. The Morgan fingerprint density at radius 1 is 1.27 bits per heavy atom. The summed E-state index contributed by atoms with van der Waals surface area (Å²) in [5, 5.41) is 10.3. The second-order valence-corrected chi connectivity index (χ2v) is 15.7. The van der Waals surface area contributed by atoms with Gasteiger partial charge in [-0.05, 0) is 12.5 Å². The largest absolute Gasteiger partial charge is 0.309 e. The molecule has 2 atom stereocenters. The molecule has 1 fully saturated rings. The number of carbonyl (C=O) groups is 1. The third-order valence-corrected chi connectivity index (χ3v) is 13.8. The molecule has 2 N–H and O–H groups in total. The van der Waals surface area contributed by atoms with Crippen molar-refractivity contribution in [1.29, 1.82) is 0 Å². The van der Waals surface area contributed by atoms with Crippen molar-refractivity contribution in [1.82, 2.24) is 24.6 Å². The number of hydrogen-bond acceptors (Lipinski definition) is 4. The summed E-state index contributed by atoms with van der Waals surface area (Å²) in [6.07, 6.45) is 9.44. The van der Waals surface area contributed by atoms with Crippen LogP contribution in [0.4, 0.5) is 14.6 Å². The molecule has 194 valence electrons. The Balaban J connectivity index is 1.50. The fraction of sp³-hybridized carbons (Fsp3) is 0.385. The Labute approximate surface area is 219 Å². The molecule has 1 aromatic carbocycles. The number of carbonyl (C=O) groups excluding carboxylic acids is 1. The number of halogens is 3. The summed E-state index contributed by atoms with van der Waals surface area (Å²) in [5.41, 5.74) is 2.25. The number of alkyl halides is 1. The zero-order valence-electron chi connectivity index (χ0n) is 21.0. The first kappa shape index (κ1) is 25.5. The quantitative estimate of drug-likeness (QED) is 0.226. The normalized spacial score (nSPS) is 17.8. The molecule has 0 spiro atoms. The number of imidazole rings is 1. The average molecular weight is 543 g/mol. The second-order valence-electron chi connectivity index (χ2n) is 9.75. The van der Waals surface area contributed by atoms with E-state index in [0.717, 1.165) is 6.04 Å². The van der Waals surface area contributed by atoms with E-state index in [2.05, 4.69) is 52.3 Å². The highest BCUT2D eigenvalue weighted by atomic mass is 35.5. The number of anilines is 1. The van der Waals surface area contributed by atoms with Crippen LogP contribution in [-0.2, 0) is 4.79 Å². The minimum atomic E-state index is -1.39. The minimum absolute atomic E-state index is 0.0401. The Hall–Kier alpha value is -3.11. The van der Waals surface area contributed by atoms with Gasteiger partial charge in [-0.1, -0.05) is 62.7 Å². The van der Waals surface area contributed by atoms with Crippen molar-refractivity contribution in [2.75, 3.05) is 5.32 Å². The summed E-state index contributed by atoms with van der Waals surface area (Å²) in [6, 6.07) is 4.56. The van der Waals surface area contributed by atoms with Gasteiger partial charge in [0.25, 0.3) is 0 Å². The van der Waals surface area contributed by atoms with E-state index in [0.29, 0.717) is 39.2 Å². The molecule has 2 unspecified atom stereocenters. The van der Waals surface area contributed by atoms with Crippen LogP contribution in [0.3, 0.4) is 0 Å². The summed E-state index contributed by atoms with van der Waals surface area (Å²) >= 11 is 6.60. The van der Waals surface area contributed by atoms with Crippen molar-refractivity contribution in [3.05, 3.63) is 47.3 Å². The van der Waals surface area contributed by atoms with Crippen LogP contribution in [0.5, 0.6) is 0 Å². The van der Waals surface area contributed by atoms with Crippen LogP contribution in [-0.4, -0.2) is 44.7 Å². The molecule has 0 saturated heterocycles. The fourth-order valence-corrected chi connectivity index (χ4v) is 8.18. The smallest absolute Gasteiger partial charge is 0.231 e. The fourth-order valence-electron chi connectivity index (χ4n) is 4.90. The first-order chi connectivity index (χ1) is 17.8. The molecule has 0 bridgehead atoms. The van der Waals surface area contributed by atoms with Gasteiger partial charge in [0.1, 0.15) is 6.17 Å². The highest BCUT2D eigenvalue weighted by Gasteiger charge is 2.43. The number of amides is 1. The highest BCUT2D eigenvalue weighted by molar-refractivity contribution is 6.80. The standard InChI is InChI=1S/C26H29ClF2N6OSi/c1-4-37(5-2,6-3)9-7-8-15-24(29)23(27)22(17-11-31-34-25(15)17)19-13-35-14-20(32-21(35)12-30-19)33-26(36)16-10-18(16)28/h7-8,11-14,16,18H,4-6,9-10H2,1-3H3,(H,31,34)(H,33,36)/b8-7+. The van der Waals surface area contributed by atoms with Crippen molar-refractivity contribution < 1.29 is 13.6 Å². The van der Waals surface area contributed by atoms with Gasteiger partial charge in [0, 0.05) is 22.7 Å². The van der Waals surface area contributed by atoms with E-state index >= 15 is 4.39 Å². The summed E-state index contributed by atoms with van der Waals surface area (Å²) in [6.45, 7) is 6.75. The molecule has 0 radical (unpaired) electrons. The van der Waals surface area contributed by atoms with Gasteiger partial charge in [-0.25, -0.2) is 13.8 Å². The number of allylic oxidation sites excluding steroid dienone is 1. The molecule has 1 saturated carbocycles. The van der Waals surface area contributed by atoms with E-state index in [1.54, 1.807) is 23.0 Å². The minimum Gasteiger partial charge on any atom is -0.309 e. The maximum absolute atomic E-state index is 15.7. The third-order valence-electron chi connectivity index (χ3n) is 7.81. The molecule has 37 heavy (non-hydrogen) atoms. The summed E-state index contributed by atoms with van der Waals surface area (Å²) in [4.78, 5) is 20.8. The SMILES string of the molecule is CC[Si](CC)(CC)C/C=C/c1c(F)c(Cl)c(-c2cn3cc(NC(=O)C4CC4F)nc3cn2)c2cn[nH]c12.